The molecule has 9 nitrogen and oxygen atoms in total. The first-order chi connectivity index (χ1) is 15.0. The van der Waals surface area contributed by atoms with Crippen molar-refractivity contribution in [1.29, 1.82) is 0 Å². The molecular formula is C21H17N5O4S. The molecule has 4 rings (SSSR count). The summed E-state index contributed by atoms with van der Waals surface area (Å²) in [4.78, 5) is 53.0. The Morgan fingerprint density at radius 1 is 1.00 bits per heavy atom. The monoisotopic (exact) mass is 435 g/mol. The van der Waals surface area contributed by atoms with Crippen LogP contribution in [0, 0.1) is 0 Å². The van der Waals surface area contributed by atoms with Crippen LogP contribution in [0.2, 0.25) is 0 Å². The molecular weight excluding hydrogens is 418 g/mol. The lowest BCUT2D eigenvalue weighted by molar-refractivity contribution is -0.116. The Kier molecular flexibility index (Phi) is 5.72. The molecule has 0 saturated heterocycles. The molecule has 0 aliphatic heterocycles. The van der Waals surface area contributed by atoms with Crippen molar-refractivity contribution in [2.75, 3.05) is 10.6 Å². The quantitative estimate of drug-likeness (QED) is 0.429. The molecule has 31 heavy (non-hydrogen) atoms. The first-order valence-corrected chi connectivity index (χ1v) is 10.2. The maximum absolute atomic E-state index is 12.5. The maximum Gasteiger partial charge on any atom is 0.273 e. The summed E-state index contributed by atoms with van der Waals surface area (Å²) in [5.74, 6) is -0.631. The van der Waals surface area contributed by atoms with Crippen molar-refractivity contribution in [2.24, 2.45) is 0 Å². The molecule has 3 N–H and O–H groups in total. The van der Waals surface area contributed by atoms with Crippen molar-refractivity contribution >= 4 is 44.7 Å². The smallest absolute Gasteiger partial charge is 0.273 e. The van der Waals surface area contributed by atoms with Crippen LogP contribution < -0.4 is 21.8 Å². The second-order valence-corrected chi connectivity index (χ2v) is 7.50. The van der Waals surface area contributed by atoms with Crippen molar-refractivity contribution < 1.29 is 9.59 Å². The predicted octanol–water partition coefficient (Wildman–Crippen LogP) is 2.43. The number of carbonyl (C=O) groups excluding carboxylic acids is 2. The number of nitrogens with one attached hydrogen (secondary N) is 3. The fraction of sp³-hybridized carbons (Fsp3) is 0.0952. The Balaban J connectivity index is 1.37. The average Bonchev–Trinajstić information content (AvgIpc) is 3.29. The standard InChI is InChI=1S/C21H17N5O4S/c27-17(9-11-26-20(30)16-4-2-1-3-15(16)19(29)25-26)23-14-7-5-13(6-8-14)18(28)24-21-22-10-12-31-21/h1-8,10,12H,9,11H2,(H,23,27)(H,25,29)(H,22,24,28). The fourth-order valence-corrected chi connectivity index (χ4v) is 3.52. The molecule has 2 heterocycles. The van der Waals surface area contributed by atoms with Crippen LogP contribution in [0.25, 0.3) is 10.8 Å². The minimum Gasteiger partial charge on any atom is -0.326 e. The number of rotatable bonds is 6. The van der Waals surface area contributed by atoms with E-state index in [4.69, 9.17) is 0 Å². The third-order valence-corrected chi connectivity index (χ3v) is 5.22. The largest absolute Gasteiger partial charge is 0.326 e. The maximum atomic E-state index is 12.5. The van der Waals surface area contributed by atoms with E-state index in [1.807, 2.05) is 0 Å². The summed E-state index contributed by atoms with van der Waals surface area (Å²) in [6.45, 7) is 0.0268. The van der Waals surface area contributed by atoms with Gasteiger partial charge in [-0.25, -0.2) is 9.67 Å². The molecule has 0 aliphatic rings. The Morgan fingerprint density at radius 3 is 2.45 bits per heavy atom. The first kappa shape index (κ1) is 20.2. The van der Waals surface area contributed by atoms with Gasteiger partial charge in [-0.3, -0.25) is 29.6 Å². The molecule has 156 valence electrons. The van der Waals surface area contributed by atoms with E-state index in [-0.39, 0.29) is 35.9 Å². The lowest BCUT2D eigenvalue weighted by atomic mass is 10.2. The molecule has 2 aromatic carbocycles. The molecule has 2 aromatic heterocycles. The summed E-state index contributed by atoms with van der Waals surface area (Å²) in [7, 11) is 0. The van der Waals surface area contributed by atoms with E-state index in [1.54, 1.807) is 60.1 Å². The fourth-order valence-electron chi connectivity index (χ4n) is 3.00. The van der Waals surface area contributed by atoms with Crippen molar-refractivity contribution in [3.63, 3.8) is 0 Å². The number of carbonyl (C=O) groups is 2. The number of aryl methyl sites for hydroxylation is 1. The highest BCUT2D eigenvalue weighted by molar-refractivity contribution is 7.13. The molecule has 0 spiro atoms. The summed E-state index contributed by atoms with van der Waals surface area (Å²) in [6.07, 6.45) is 1.58. The van der Waals surface area contributed by atoms with Gasteiger partial charge in [0, 0.05) is 29.2 Å². The predicted molar refractivity (Wildman–Crippen MR) is 119 cm³/mol. The number of thiazole rings is 1. The first-order valence-electron chi connectivity index (χ1n) is 9.34. The van der Waals surface area contributed by atoms with Crippen LogP contribution in [-0.4, -0.2) is 26.6 Å². The number of hydrogen-bond donors (Lipinski definition) is 3. The number of amides is 2. The van der Waals surface area contributed by atoms with Crippen LogP contribution >= 0.6 is 11.3 Å². The van der Waals surface area contributed by atoms with Gasteiger partial charge in [-0.2, -0.15) is 0 Å². The van der Waals surface area contributed by atoms with Crippen LogP contribution in [0.3, 0.4) is 0 Å². The summed E-state index contributed by atoms with van der Waals surface area (Å²) in [5, 5.41) is 10.8. The zero-order valence-corrected chi connectivity index (χ0v) is 16.9. The normalized spacial score (nSPS) is 10.7. The van der Waals surface area contributed by atoms with E-state index in [9.17, 15) is 19.2 Å². The van der Waals surface area contributed by atoms with E-state index in [2.05, 4.69) is 20.7 Å². The van der Waals surface area contributed by atoms with Crippen LogP contribution in [0.4, 0.5) is 10.8 Å². The number of aromatic amines is 1. The number of anilines is 2. The van der Waals surface area contributed by atoms with Crippen LogP contribution in [0.1, 0.15) is 16.8 Å². The minimum absolute atomic E-state index is 0.0134. The van der Waals surface area contributed by atoms with Crippen molar-refractivity contribution in [1.82, 2.24) is 14.8 Å². The van der Waals surface area contributed by atoms with Crippen molar-refractivity contribution in [3.8, 4) is 0 Å². The molecule has 4 aromatic rings. The molecule has 10 heteroatoms. The summed E-state index contributed by atoms with van der Waals surface area (Å²) in [6, 6.07) is 12.9. The zero-order chi connectivity index (χ0) is 21.8. The van der Waals surface area contributed by atoms with E-state index in [0.29, 0.717) is 27.2 Å². The molecule has 0 aliphatic carbocycles. The molecule has 0 bridgehead atoms. The SMILES string of the molecule is O=C(CCn1[nH]c(=O)c2ccccc2c1=O)Nc1ccc(C(=O)Nc2nccs2)cc1. The highest BCUT2D eigenvalue weighted by Gasteiger charge is 2.10. The van der Waals surface area contributed by atoms with Crippen LogP contribution in [0.5, 0.6) is 0 Å². The van der Waals surface area contributed by atoms with Gasteiger partial charge < -0.3 is 5.32 Å². The Morgan fingerprint density at radius 2 is 1.74 bits per heavy atom. The third-order valence-electron chi connectivity index (χ3n) is 4.53. The number of aromatic nitrogens is 3. The van der Waals surface area contributed by atoms with Crippen molar-refractivity contribution in [3.05, 3.63) is 86.4 Å². The molecule has 0 radical (unpaired) electrons. The van der Waals surface area contributed by atoms with Gasteiger partial charge in [0.05, 0.1) is 17.3 Å². The van der Waals surface area contributed by atoms with Gasteiger partial charge in [0.1, 0.15) is 0 Å². The molecule has 2 amide bonds. The third kappa shape index (κ3) is 4.59. The van der Waals surface area contributed by atoms with Gasteiger partial charge in [-0.15, -0.1) is 11.3 Å². The van der Waals surface area contributed by atoms with Gasteiger partial charge in [-0.1, -0.05) is 12.1 Å². The second kappa shape index (κ2) is 8.76. The lowest BCUT2D eigenvalue weighted by Gasteiger charge is -2.09. The summed E-state index contributed by atoms with van der Waals surface area (Å²) in [5.41, 5.74) is 0.185. The van der Waals surface area contributed by atoms with E-state index >= 15 is 0 Å². The molecule has 0 atom stereocenters. The van der Waals surface area contributed by atoms with Crippen LogP contribution in [0.15, 0.2) is 69.7 Å². The molecule has 0 fully saturated rings. The highest BCUT2D eigenvalue weighted by atomic mass is 32.1. The van der Waals surface area contributed by atoms with Crippen LogP contribution in [-0.2, 0) is 11.3 Å². The zero-order valence-electron chi connectivity index (χ0n) is 16.1. The van der Waals surface area contributed by atoms with Gasteiger partial charge in [0.15, 0.2) is 5.13 Å². The number of nitrogens with zero attached hydrogens (tertiary/aromatic N) is 2. The van der Waals surface area contributed by atoms with Gasteiger partial charge >= 0.3 is 0 Å². The Hall–Kier alpha value is -4.05. The van der Waals surface area contributed by atoms with Gasteiger partial charge in [-0.05, 0) is 36.4 Å². The minimum atomic E-state index is -0.387. The number of H-pyrrole nitrogens is 1. The Labute approximate surface area is 179 Å². The molecule has 0 saturated carbocycles. The summed E-state index contributed by atoms with van der Waals surface area (Å²) >= 11 is 1.32. The van der Waals surface area contributed by atoms with E-state index < -0.39 is 0 Å². The topological polar surface area (TPSA) is 126 Å². The van der Waals surface area contributed by atoms with E-state index in [0.717, 1.165) is 4.68 Å². The number of fused-ring (bicyclic) bond motifs is 1. The lowest BCUT2D eigenvalue weighted by Crippen LogP contribution is -2.31. The molecule has 0 unspecified atom stereocenters. The summed E-state index contributed by atoms with van der Waals surface area (Å²) < 4.78 is 1.14. The van der Waals surface area contributed by atoms with Crippen molar-refractivity contribution in [2.45, 2.75) is 13.0 Å². The number of benzene rings is 2. The van der Waals surface area contributed by atoms with Gasteiger partial charge in [0.25, 0.3) is 17.0 Å². The van der Waals surface area contributed by atoms with Gasteiger partial charge in [0.2, 0.25) is 5.91 Å². The highest BCUT2D eigenvalue weighted by Crippen LogP contribution is 2.14. The Bertz CT molecular complexity index is 1360. The van der Waals surface area contributed by atoms with E-state index in [1.165, 1.54) is 11.3 Å². The second-order valence-electron chi connectivity index (χ2n) is 6.61. The number of hydrogen-bond acceptors (Lipinski definition) is 6. The average molecular weight is 435 g/mol.